The largest absolute Gasteiger partial charge is 0.449 e. The van der Waals surface area contributed by atoms with E-state index in [0.29, 0.717) is 6.61 Å². The lowest BCUT2D eigenvalue weighted by Crippen LogP contribution is -2.47. The van der Waals surface area contributed by atoms with Crippen molar-refractivity contribution >= 4 is 22.6 Å². The predicted molar refractivity (Wildman–Crippen MR) is 95.5 cm³/mol. The second-order valence-electron chi connectivity index (χ2n) is 5.60. The second kappa shape index (κ2) is 8.13. The lowest BCUT2D eigenvalue weighted by Gasteiger charge is -2.34. The van der Waals surface area contributed by atoms with Crippen LogP contribution < -0.4 is 4.90 Å². The van der Waals surface area contributed by atoms with Gasteiger partial charge in [-0.15, -0.1) is 0 Å². The molecule has 0 aliphatic heterocycles. The molecule has 1 unspecified atom stereocenters. The maximum atomic E-state index is 12.7. The summed E-state index contributed by atoms with van der Waals surface area (Å²) >= 11 is 0. The van der Waals surface area contributed by atoms with E-state index in [1.54, 1.807) is 26.0 Å². The third-order valence-electron chi connectivity index (χ3n) is 4.07. The van der Waals surface area contributed by atoms with Crippen molar-refractivity contribution in [1.82, 2.24) is 0 Å². The molecule has 0 N–H and O–H groups in total. The minimum atomic E-state index is -0.562. The molecule has 0 aliphatic rings. The number of carbonyl (C=O) groups is 1. The number of aryl methyl sites for hydroxylation is 1. The van der Waals surface area contributed by atoms with E-state index in [9.17, 15) is 4.79 Å². The Balaban J connectivity index is 2.63. The van der Waals surface area contributed by atoms with Crippen molar-refractivity contribution in [2.24, 2.45) is 0 Å². The topological polar surface area (TPSA) is 48.0 Å². The van der Waals surface area contributed by atoms with Crippen molar-refractivity contribution in [2.45, 2.75) is 33.1 Å². The van der Waals surface area contributed by atoms with Crippen LogP contribution in [0.1, 0.15) is 19.4 Å². The lowest BCUT2D eigenvalue weighted by atomic mass is 10.0. The Morgan fingerprint density at radius 2 is 1.79 bits per heavy atom. The molecule has 1 atom stereocenters. The molecule has 0 spiro atoms. The number of fused-ring (bicyclic) bond motifs is 1. The second-order valence-corrected chi connectivity index (χ2v) is 5.60. The fraction of sp³-hybridized carbons (Fsp3) is 0.421. The Hall–Kier alpha value is -2.11. The summed E-state index contributed by atoms with van der Waals surface area (Å²) in [5.74, 6) is 0. The van der Waals surface area contributed by atoms with E-state index in [-0.39, 0.29) is 6.04 Å². The molecule has 0 saturated carbocycles. The van der Waals surface area contributed by atoms with Crippen molar-refractivity contribution in [3.05, 3.63) is 42.0 Å². The Morgan fingerprint density at radius 3 is 2.42 bits per heavy atom. The summed E-state index contributed by atoms with van der Waals surface area (Å²) in [6.45, 7) is 5.96. The van der Waals surface area contributed by atoms with Crippen molar-refractivity contribution in [3.63, 3.8) is 0 Å². The fourth-order valence-electron chi connectivity index (χ4n) is 2.95. The van der Waals surface area contributed by atoms with Crippen LogP contribution in [0, 0.1) is 6.92 Å². The van der Waals surface area contributed by atoms with E-state index >= 15 is 0 Å². The Kier molecular flexibility index (Phi) is 6.17. The molecule has 0 saturated heterocycles. The van der Waals surface area contributed by atoms with Gasteiger partial charge in [-0.3, -0.25) is 4.90 Å². The van der Waals surface area contributed by atoms with Gasteiger partial charge in [-0.2, -0.15) is 0 Å². The maximum absolute atomic E-state index is 12.7. The van der Waals surface area contributed by atoms with Gasteiger partial charge >= 0.3 is 6.09 Å². The van der Waals surface area contributed by atoms with Gasteiger partial charge in [0.1, 0.15) is 0 Å². The van der Waals surface area contributed by atoms with E-state index in [2.05, 4.69) is 0 Å². The average molecular weight is 331 g/mol. The first kappa shape index (κ1) is 18.2. The van der Waals surface area contributed by atoms with Gasteiger partial charge in [0.05, 0.1) is 18.3 Å². The number of anilines is 1. The molecule has 5 nitrogen and oxygen atoms in total. The van der Waals surface area contributed by atoms with E-state index < -0.39 is 12.4 Å². The summed E-state index contributed by atoms with van der Waals surface area (Å²) in [4.78, 5) is 14.3. The van der Waals surface area contributed by atoms with Crippen LogP contribution in [0.25, 0.3) is 10.8 Å². The van der Waals surface area contributed by atoms with Gasteiger partial charge in [-0.05, 0) is 31.7 Å². The number of ether oxygens (including phenoxy) is 3. The number of benzene rings is 2. The van der Waals surface area contributed by atoms with Crippen LogP contribution >= 0.6 is 0 Å². The molecule has 2 aromatic rings. The quantitative estimate of drug-likeness (QED) is 0.747. The third-order valence-corrected chi connectivity index (χ3v) is 4.07. The number of amides is 1. The van der Waals surface area contributed by atoms with Crippen molar-refractivity contribution < 1.29 is 19.0 Å². The van der Waals surface area contributed by atoms with Gasteiger partial charge in [0.15, 0.2) is 6.29 Å². The first-order valence-corrected chi connectivity index (χ1v) is 8.05. The van der Waals surface area contributed by atoms with Crippen molar-refractivity contribution in [1.29, 1.82) is 0 Å². The molecule has 0 bridgehead atoms. The van der Waals surface area contributed by atoms with Gasteiger partial charge < -0.3 is 14.2 Å². The number of nitrogens with zero attached hydrogens (tertiary/aromatic N) is 1. The molecule has 0 fully saturated rings. The average Bonchev–Trinajstić information content (AvgIpc) is 2.58. The standard InChI is InChI=1S/C19H25NO4/c1-6-24-19(21)20(14(3)18(22-4)23-5)17-13(2)11-12-15-9-7-8-10-16(15)17/h7-12,14,18H,6H2,1-5H3. The molecular formula is C19H25NO4. The number of carbonyl (C=O) groups excluding carboxylic acids is 1. The number of rotatable bonds is 6. The van der Waals surface area contributed by atoms with Crippen LogP contribution in [0.15, 0.2) is 36.4 Å². The van der Waals surface area contributed by atoms with E-state index in [0.717, 1.165) is 22.0 Å². The molecule has 0 aliphatic carbocycles. The summed E-state index contributed by atoms with van der Waals surface area (Å²) in [5, 5.41) is 2.05. The smallest absolute Gasteiger partial charge is 0.414 e. The molecule has 130 valence electrons. The number of methoxy groups -OCH3 is 2. The molecule has 5 heteroatoms. The molecular weight excluding hydrogens is 306 g/mol. The highest BCUT2D eigenvalue weighted by Crippen LogP contribution is 2.33. The normalized spacial score (nSPS) is 12.4. The van der Waals surface area contributed by atoms with Gasteiger partial charge in [-0.25, -0.2) is 4.79 Å². The van der Waals surface area contributed by atoms with Gasteiger partial charge in [0.25, 0.3) is 0 Å². The molecule has 1 amide bonds. The predicted octanol–water partition coefficient (Wildman–Crippen LogP) is 4.12. The Bertz CT molecular complexity index is 697. The fourth-order valence-corrected chi connectivity index (χ4v) is 2.95. The van der Waals surface area contributed by atoms with Crippen molar-refractivity contribution in [3.8, 4) is 0 Å². The first-order chi connectivity index (χ1) is 11.5. The summed E-state index contributed by atoms with van der Waals surface area (Å²) in [7, 11) is 3.12. The van der Waals surface area contributed by atoms with Crippen LogP contribution in [0.5, 0.6) is 0 Å². The lowest BCUT2D eigenvalue weighted by molar-refractivity contribution is -0.113. The molecule has 2 aromatic carbocycles. The van der Waals surface area contributed by atoms with E-state index in [4.69, 9.17) is 14.2 Å². The molecule has 0 aromatic heterocycles. The van der Waals surface area contributed by atoms with Crippen LogP contribution in [0.2, 0.25) is 0 Å². The highest BCUT2D eigenvalue weighted by atomic mass is 16.7. The van der Waals surface area contributed by atoms with Crippen LogP contribution in [-0.4, -0.2) is 39.3 Å². The third kappa shape index (κ3) is 3.52. The SMILES string of the molecule is CCOC(=O)N(c1c(C)ccc2ccccc12)C(C)C(OC)OC. The molecule has 0 radical (unpaired) electrons. The minimum absolute atomic E-state index is 0.302. The van der Waals surface area contributed by atoms with Crippen LogP contribution in [-0.2, 0) is 14.2 Å². The molecule has 24 heavy (non-hydrogen) atoms. The number of hydrogen-bond donors (Lipinski definition) is 0. The van der Waals surface area contributed by atoms with Crippen molar-refractivity contribution in [2.75, 3.05) is 25.7 Å². The van der Waals surface area contributed by atoms with Crippen LogP contribution in [0.4, 0.5) is 10.5 Å². The molecule has 0 heterocycles. The Labute approximate surface area is 143 Å². The monoisotopic (exact) mass is 331 g/mol. The van der Waals surface area contributed by atoms with Gasteiger partial charge in [-0.1, -0.05) is 36.4 Å². The maximum Gasteiger partial charge on any atom is 0.414 e. The summed E-state index contributed by atoms with van der Waals surface area (Å²) in [6, 6.07) is 11.7. The summed E-state index contributed by atoms with van der Waals surface area (Å²) in [5.41, 5.74) is 1.80. The summed E-state index contributed by atoms with van der Waals surface area (Å²) < 4.78 is 16.0. The highest BCUT2D eigenvalue weighted by Gasteiger charge is 2.32. The Morgan fingerprint density at radius 1 is 1.12 bits per heavy atom. The first-order valence-electron chi connectivity index (χ1n) is 8.05. The minimum Gasteiger partial charge on any atom is -0.449 e. The van der Waals surface area contributed by atoms with Gasteiger partial charge in [0.2, 0.25) is 0 Å². The molecule has 2 rings (SSSR count). The zero-order chi connectivity index (χ0) is 17.7. The van der Waals surface area contributed by atoms with E-state index in [1.165, 1.54) is 0 Å². The van der Waals surface area contributed by atoms with Gasteiger partial charge in [0, 0.05) is 19.6 Å². The zero-order valence-electron chi connectivity index (χ0n) is 14.9. The highest BCUT2D eigenvalue weighted by molar-refractivity contribution is 6.03. The zero-order valence-corrected chi connectivity index (χ0v) is 14.9. The van der Waals surface area contributed by atoms with E-state index in [1.807, 2.05) is 50.2 Å². The number of hydrogen-bond acceptors (Lipinski definition) is 4. The van der Waals surface area contributed by atoms with Crippen LogP contribution in [0.3, 0.4) is 0 Å². The summed E-state index contributed by atoms with van der Waals surface area (Å²) in [6.07, 6.45) is -0.976.